The lowest BCUT2D eigenvalue weighted by Crippen LogP contribution is -2.28. The van der Waals surface area contributed by atoms with Crippen LogP contribution in [0, 0.1) is 5.82 Å². The lowest BCUT2D eigenvalue weighted by atomic mass is 10.1. The molecule has 0 radical (unpaired) electrons. The van der Waals surface area contributed by atoms with E-state index in [0.29, 0.717) is 36.0 Å². The number of aromatic nitrogens is 2. The molecule has 1 heterocycles. The van der Waals surface area contributed by atoms with Crippen molar-refractivity contribution in [3.63, 3.8) is 0 Å². The van der Waals surface area contributed by atoms with Gasteiger partial charge in [-0.2, -0.15) is 5.10 Å². The molecule has 1 amide bonds. The summed E-state index contributed by atoms with van der Waals surface area (Å²) >= 11 is 0. The topological polar surface area (TPSA) is 65.4 Å². The Hall–Kier alpha value is -3.19. The summed E-state index contributed by atoms with van der Waals surface area (Å²) in [4.78, 5) is 12.6. The minimum atomic E-state index is -0.328. The number of rotatable bonds is 7. The van der Waals surface area contributed by atoms with Gasteiger partial charge in [0.25, 0.3) is 5.91 Å². The second-order valence-electron chi connectivity index (χ2n) is 5.78. The van der Waals surface area contributed by atoms with Crippen molar-refractivity contribution in [1.82, 2.24) is 15.1 Å². The molecule has 0 fully saturated rings. The molecule has 2 aromatic carbocycles. The SMILES string of the molecule is COCCNC(=O)c1cc(-c2ccc(F)cc2)nn1-c1ccc(OC)cc1. The van der Waals surface area contributed by atoms with Gasteiger partial charge >= 0.3 is 0 Å². The van der Waals surface area contributed by atoms with Crippen molar-refractivity contribution >= 4 is 5.91 Å². The summed E-state index contributed by atoms with van der Waals surface area (Å²) in [5.41, 5.74) is 2.37. The van der Waals surface area contributed by atoms with E-state index in [2.05, 4.69) is 10.4 Å². The van der Waals surface area contributed by atoms with Gasteiger partial charge in [0.05, 0.1) is 25.1 Å². The van der Waals surface area contributed by atoms with Crippen LogP contribution >= 0.6 is 0 Å². The molecule has 1 N–H and O–H groups in total. The Morgan fingerprint density at radius 1 is 1.11 bits per heavy atom. The number of carbonyl (C=O) groups excluding carboxylic acids is 1. The van der Waals surface area contributed by atoms with Crippen LogP contribution in [0.3, 0.4) is 0 Å². The number of ether oxygens (including phenoxy) is 2. The van der Waals surface area contributed by atoms with E-state index in [9.17, 15) is 9.18 Å². The zero-order valence-corrected chi connectivity index (χ0v) is 15.1. The van der Waals surface area contributed by atoms with Gasteiger partial charge in [0.1, 0.15) is 17.3 Å². The molecule has 0 aliphatic carbocycles. The van der Waals surface area contributed by atoms with E-state index >= 15 is 0 Å². The van der Waals surface area contributed by atoms with E-state index < -0.39 is 0 Å². The third-order valence-corrected chi connectivity index (χ3v) is 3.99. The summed E-state index contributed by atoms with van der Waals surface area (Å²) in [5, 5.41) is 7.34. The average Bonchev–Trinajstić information content (AvgIpc) is 3.14. The largest absolute Gasteiger partial charge is 0.497 e. The van der Waals surface area contributed by atoms with Crippen LogP contribution in [0.4, 0.5) is 4.39 Å². The van der Waals surface area contributed by atoms with Crippen LogP contribution in [-0.2, 0) is 4.74 Å². The molecule has 0 unspecified atom stereocenters. The van der Waals surface area contributed by atoms with Gasteiger partial charge in [-0.05, 0) is 54.6 Å². The molecule has 3 aromatic rings. The summed E-state index contributed by atoms with van der Waals surface area (Å²) in [6.45, 7) is 0.794. The fourth-order valence-corrected chi connectivity index (χ4v) is 2.58. The molecule has 3 rings (SSSR count). The smallest absolute Gasteiger partial charge is 0.270 e. The van der Waals surface area contributed by atoms with E-state index in [-0.39, 0.29) is 11.7 Å². The van der Waals surface area contributed by atoms with Crippen molar-refractivity contribution < 1.29 is 18.7 Å². The third kappa shape index (κ3) is 4.32. The zero-order valence-electron chi connectivity index (χ0n) is 15.1. The Morgan fingerprint density at radius 2 is 1.81 bits per heavy atom. The highest BCUT2D eigenvalue weighted by Gasteiger charge is 2.17. The maximum atomic E-state index is 13.2. The minimum absolute atomic E-state index is 0.274. The van der Waals surface area contributed by atoms with Crippen LogP contribution in [0.15, 0.2) is 54.6 Å². The maximum absolute atomic E-state index is 13.2. The van der Waals surface area contributed by atoms with Gasteiger partial charge in [-0.1, -0.05) is 0 Å². The second-order valence-corrected chi connectivity index (χ2v) is 5.78. The molecule has 0 saturated heterocycles. The predicted octanol–water partition coefficient (Wildman–Crippen LogP) is 3.06. The number of benzene rings is 2. The summed E-state index contributed by atoms with van der Waals surface area (Å²) < 4.78 is 24.9. The zero-order chi connectivity index (χ0) is 19.2. The Morgan fingerprint density at radius 3 is 2.44 bits per heavy atom. The molecule has 7 heteroatoms. The molecular weight excluding hydrogens is 349 g/mol. The molecule has 0 aliphatic rings. The Bertz CT molecular complexity index is 905. The minimum Gasteiger partial charge on any atom is -0.497 e. The van der Waals surface area contributed by atoms with Crippen LogP contribution < -0.4 is 10.1 Å². The standard InChI is InChI=1S/C20H20FN3O3/c1-26-12-11-22-20(25)19-13-18(14-3-5-15(21)6-4-14)23-24(19)16-7-9-17(27-2)10-8-16/h3-10,13H,11-12H2,1-2H3,(H,22,25). The van der Waals surface area contributed by atoms with Crippen molar-refractivity contribution in [2.45, 2.75) is 0 Å². The highest BCUT2D eigenvalue weighted by molar-refractivity contribution is 5.94. The number of methoxy groups -OCH3 is 2. The molecule has 1 aromatic heterocycles. The lowest BCUT2D eigenvalue weighted by molar-refractivity contribution is 0.0929. The number of hydrogen-bond acceptors (Lipinski definition) is 4. The van der Waals surface area contributed by atoms with Gasteiger partial charge < -0.3 is 14.8 Å². The van der Waals surface area contributed by atoms with Gasteiger partial charge in [0.15, 0.2) is 0 Å². The normalized spacial score (nSPS) is 10.6. The number of hydrogen-bond donors (Lipinski definition) is 1. The van der Waals surface area contributed by atoms with Crippen molar-refractivity contribution in [2.75, 3.05) is 27.4 Å². The Labute approximate surface area is 156 Å². The second kappa shape index (κ2) is 8.46. The summed E-state index contributed by atoms with van der Waals surface area (Å²) in [7, 11) is 3.16. The third-order valence-electron chi connectivity index (χ3n) is 3.99. The number of nitrogens with zero attached hydrogens (tertiary/aromatic N) is 2. The Balaban J connectivity index is 2.00. The number of amides is 1. The summed E-state index contributed by atoms with van der Waals surface area (Å²) in [6, 6.07) is 14.9. The fourth-order valence-electron chi connectivity index (χ4n) is 2.58. The van der Waals surface area contributed by atoms with Crippen molar-refractivity contribution in [1.29, 1.82) is 0 Å². The molecule has 0 atom stereocenters. The fraction of sp³-hybridized carbons (Fsp3) is 0.200. The molecule has 0 bridgehead atoms. The van der Waals surface area contributed by atoms with Gasteiger partial charge in [-0.25, -0.2) is 9.07 Å². The number of carbonyl (C=O) groups is 1. The van der Waals surface area contributed by atoms with E-state index in [1.807, 2.05) is 12.1 Å². The van der Waals surface area contributed by atoms with E-state index in [4.69, 9.17) is 9.47 Å². The Kier molecular flexibility index (Phi) is 5.83. The molecule has 0 spiro atoms. The molecule has 140 valence electrons. The lowest BCUT2D eigenvalue weighted by Gasteiger charge is -2.09. The summed E-state index contributed by atoms with van der Waals surface area (Å²) in [5.74, 6) is 0.102. The van der Waals surface area contributed by atoms with Gasteiger partial charge in [0.2, 0.25) is 0 Å². The monoisotopic (exact) mass is 369 g/mol. The quantitative estimate of drug-likeness (QED) is 0.650. The van der Waals surface area contributed by atoms with Crippen molar-refractivity contribution in [3.8, 4) is 22.7 Å². The first kappa shape index (κ1) is 18.6. The number of nitrogens with one attached hydrogen (secondary N) is 1. The first-order valence-electron chi connectivity index (χ1n) is 8.40. The molecule has 0 aliphatic heterocycles. The van der Waals surface area contributed by atoms with E-state index in [0.717, 1.165) is 5.56 Å². The van der Waals surface area contributed by atoms with Crippen LogP contribution in [-0.4, -0.2) is 43.1 Å². The first-order chi connectivity index (χ1) is 13.1. The highest BCUT2D eigenvalue weighted by atomic mass is 19.1. The van der Waals surface area contributed by atoms with Gasteiger partial charge in [-0.15, -0.1) is 0 Å². The van der Waals surface area contributed by atoms with Crippen LogP contribution in [0.1, 0.15) is 10.5 Å². The molecular formula is C20H20FN3O3. The molecule has 27 heavy (non-hydrogen) atoms. The van der Waals surface area contributed by atoms with Crippen LogP contribution in [0.25, 0.3) is 16.9 Å². The van der Waals surface area contributed by atoms with E-state index in [1.54, 1.807) is 49.2 Å². The maximum Gasteiger partial charge on any atom is 0.270 e. The molecule has 0 saturated carbocycles. The highest BCUT2D eigenvalue weighted by Crippen LogP contribution is 2.23. The molecule has 6 nitrogen and oxygen atoms in total. The van der Waals surface area contributed by atoms with E-state index in [1.165, 1.54) is 12.1 Å². The summed E-state index contributed by atoms with van der Waals surface area (Å²) in [6.07, 6.45) is 0. The van der Waals surface area contributed by atoms with Crippen molar-refractivity contribution in [3.05, 3.63) is 66.1 Å². The number of halogens is 1. The van der Waals surface area contributed by atoms with Gasteiger partial charge in [-0.3, -0.25) is 4.79 Å². The van der Waals surface area contributed by atoms with Gasteiger partial charge in [0, 0.05) is 19.2 Å². The van der Waals surface area contributed by atoms with Crippen LogP contribution in [0.5, 0.6) is 5.75 Å². The van der Waals surface area contributed by atoms with Crippen LogP contribution in [0.2, 0.25) is 0 Å². The average molecular weight is 369 g/mol. The predicted molar refractivity (Wildman–Crippen MR) is 99.7 cm³/mol. The van der Waals surface area contributed by atoms with Crippen molar-refractivity contribution in [2.24, 2.45) is 0 Å². The first-order valence-corrected chi connectivity index (χ1v) is 8.40.